The van der Waals surface area contributed by atoms with Crippen LogP contribution in [0.4, 0.5) is 0 Å². The maximum atomic E-state index is 13.0. The highest BCUT2D eigenvalue weighted by Gasteiger charge is 2.25. The number of nitrogens with zero attached hydrogens (tertiary/aromatic N) is 1. The summed E-state index contributed by atoms with van der Waals surface area (Å²) in [5.41, 5.74) is 2.12. The van der Waals surface area contributed by atoms with Crippen molar-refractivity contribution in [2.24, 2.45) is 0 Å². The summed E-state index contributed by atoms with van der Waals surface area (Å²) < 4.78 is 0. The van der Waals surface area contributed by atoms with E-state index in [1.54, 1.807) is 4.90 Å². The summed E-state index contributed by atoms with van der Waals surface area (Å²) in [5, 5.41) is 2.95. The lowest BCUT2D eigenvalue weighted by atomic mass is 10.1. The molecule has 144 valence electrons. The molecule has 4 heteroatoms. The van der Waals surface area contributed by atoms with Gasteiger partial charge in [-0.25, -0.2) is 0 Å². The fourth-order valence-corrected chi connectivity index (χ4v) is 2.98. The number of hydrogen-bond donors (Lipinski definition) is 1. The second-order valence-corrected chi connectivity index (χ2v) is 6.81. The normalized spacial score (nSPS) is 11.6. The molecule has 0 unspecified atom stereocenters. The van der Waals surface area contributed by atoms with Gasteiger partial charge < -0.3 is 10.2 Å². The molecule has 1 N–H and O–H groups in total. The quantitative estimate of drug-likeness (QED) is 0.653. The molecule has 2 aromatic carbocycles. The van der Waals surface area contributed by atoms with Gasteiger partial charge in [-0.15, -0.1) is 0 Å². The van der Waals surface area contributed by atoms with Crippen LogP contribution in [0.5, 0.6) is 0 Å². The molecular formula is C23H30N2O2. The molecule has 2 rings (SSSR count). The van der Waals surface area contributed by atoms with E-state index in [1.165, 1.54) is 0 Å². The van der Waals surface area contributed by atoms with E-state index < -0.39 is 6.04 Å². The molecule has 0 bridgehead atoms. The first-order valence-electron chi connectivity index (χ1n) is 9.76. The number of carbonyl (C=O) groups excluding carboxylic acids is 2. The minimum atomic E-state index is -0.484. The summed E-state index contributed by atoms with van der Waals surface area (Å²) in [5.74, 6) is -0.104. The van der Waals surface area contributed by atoms with Crippen LogP contribution in [0.25, 0.3) is 0 Å². The van der Waals surface area contributed by atoms with Crippen molar-refractivity contribution >= 4 is 11.8 Å². The SMILES string of the molecule is CCCCNC(=O)[C@H](C)N(CCc1ccccc1)C(=O)Cc1ccccc1. The molecule has 0 aliphatic rings. The summed E-state index contributed by atoms with van der Waals surface area (Å²) in [4.78, 5) is 27.2. The Kier molecular flexibility index (Phi) is 8.56. The van der Waals surface area contributed by atoms with Crippen LogP contribution in [-0.4, -0.2) is 35.8 Å². The first-order chi connectivity index (χ1) is 13.1. The van der Waals surface area contributed by atoms with Gasteiger partial charge in [0.25, 0.3) is 0 Å². The molecule has 27 heavy (non-hydrogen) atoms. The third kappa shape index (κ3) is 6.89. The topological polar surface area (TPSA) is 49.4 Å². The van der Waals surface area contributed by atoms with Gasteiger partial charge in [0, 0.05) is 13.1 Å². The van der Waals surface area contributed by atoms with Crippen molar-refractivity contribution in [1.82, 2.24) is 10.2 Å². The van der Waals surface area contributed by atoms with Gasteiger partial charge in [-0.05, 0) is 30.9 Å². The molecule has 1 atom stereocenters. The van der Waals surface area contributed by atoms with Gasteiger partial charge >= 0.3 is 0 Å². The van der Waals surface area contributed by atoms with Crippen molar-refractivity contribution < 1.29 is 9.59 Å². The Labute approximate surface area is 162 Å². The summed E-state index contributed by atoms with van der Waals surface area (Å²) in [6.45, 7) is 5.08. The number of unbranched alkanes of at least 4 members (excludes halogenated alkanes) is 1. The fourth-order valence-electron chi connectivity index (χ4n) is 2.98. The van der Waals surface area contributed by atoms with E-state index in [-0.39, 0.29) is 11.8 Å². The molecule has 0 aliphatic heterocycles. The van der Waals surface area contributed by atoms with Crippen molar-refractivity contribution in [3.8, 4) is 0 Å². The largest absolute Gasteiger partial charge is 0.354 e. The van der Waals surface area contributed by atoms with Crippen LogP contribution < -0.4 is 5.32 Å². The van der Waals surface area contributed by atoms with Crippen molar-refractivity contribution in [3.63, 3.8) is 0 Å². The molecule has 0 saturated carbocycles. The summed E-state index contributed by atoms with van der Waals surface area (Å²) >= 11 is 0. The molecule has 0 heterocycles. The van der Waals surface area contributed by atoms with E-state index in [0.717, 1.165) is 30.4 Å². The average Bonchev–Trinajstić information content (AvgIpc) is 2.69. The Morgan fingerprint density at radius 2 is 1.56 bits per heavy atom. The maximum Gasteiger partial charge on any atom is 0.242 e. The van der Waals surface area contributed by atoms with E-state index in [2.05, 4.69) is 12.2 Å². The van der Waals surface area contributed by atoms with Gasteiger partial charge in [-0.2, -0.15) is 0 Å². The lowest BCUT2D eigenvalue weighted by molar-refractivity contribution is -0.139. The van der Waals surface area contributed by atoms with E-state index >= 15 is 0 Å². The van der Waals surface area contributed by atoms with Crippen LogP contribution in [-0.2, 0) is 22.4 Å². The van der Waals surface area contributed by atoms with Crippen molar-refractivity contribution in [3.05, 3.63) is 71.8 Å². The Morgan fingerprint density at radius 1 is 0.963 bits per heavy atom. The van der Waals surface area contributed by atoms with Gasteiger partial charge in [0.1, 0.15) is 6.04 Å². The smallest absolute Gasteiger partial charge is 0.242 e. The Hall–Kier alpha value is -2.62. The second-order valence-electron chi connectivity index (χ2n) is 6.81. The van der Waals surface area contributed by atoms with Crippen LogP contribution in [0.15, 0.2) is 60.7 Å². The molecular weight excluding hydrogens is 336 g/mol. The number of nitrogens with one attached hydrogen (secondary N) is 1. The number of rotatable bonds is 10. The van der Waals surface area contributed by atoms with E-state index in [0.29, 0.717) is 19.5 Å². The Morgan fingerprint density at radius 3 is 2.15 bits per heavy atom. The molecule has 4 nitrogen and oxygen atoms in total. The summed E-state index contributed by atoms with van der Waals surface area (Å²) in [6, 6.07) is 19.3. The molecule has 2 amide bonds. The zero-order valence-electron chi connectivity index (χ0n) is 16.4. The highest BCUT2D eigenvalue weighted by molar-refractivity contribution is 5.88. The van der Waals surface area contributed by atoms with Gasteiger partial charge in [0.05, 0.1) is 6.42 Å². The van der Waals surface area contributed by atoms with Crippen LogP contribution >= 0.6 is 0 Å². The van der Waals surface area contributed by atoms with Gasteiger partial charge in [0.2, 0.25) is 11.8 Å². The monoisotopic (exact) mass is 366 g/mol. The number of benzene rings is 2. The van der Waals surface area contributed by atoms with E-state index in [1.807, 2.05) is 67.6 Å². The predicted octanol–water partition coefficient (Wildman–Crippen LogP) is 3.61. The third-order valence-electron chi connectivity index (χ3n) is 4.68. The summed E-state index contributed by atoms with van der Waals surface area (Å²) in [7, 11) is 0. The molecule has 0 spiro atoms. The number of carbonyl (C=O) groups is 2. The molecule has 0 aromatic heterocycles. The lowest BCUT2D eigenvalue weighted by Crippen LogP contribution is -2.49. The molecule has 0 aliphatic carbocycles. The minimum Gasteiger partial charge on any atom is -0.354 e. The standard InChI is InChI=1S/C23H30N2O2/c1-3-4-16-24-23(27)19(2)25(17-15-20-11-7-5-8-12-20)22(26)18-21-13-9-6-10-14-21/h5-14,19H,3-4,15-18H2,1-2H3,(H,24,27)/t19-/m0/s1. The molecule has 2 aromatic rings. The van der Waals surface area contributed by atoms with Crippen LogP contribution in [0.2, 0.25) is 0 Å². The van der Waals surface area contributed by atoms with Crippen molar-refractivity contribution in [2.75, 3.05) is 13.1 Å². The summed E-state index contributed by atoms with van der Waals surface area (Å²) in [6.07, 6.45) is 3.01. The lowest BCUT2D eigenvalue weighted by Gasteiger charge is -2.29. The second kappa shape index (κ2) is 11.2. The first-order valence-corrected chi connectivity index (χ1v) is 9.76. The van der Waals surface area contributed by atoms with Gasteiger partial charge in [-0.1, -0.05) is 74.0 Å². The highest BCUT2D eigenvalue weighted by atomic mass is 16.2. The number of hydrogen-bond acceptors (Lipinski definition) is 2. The van der Waals surface area contributed by atoms with Gasteiger partial charge in [-0.3, -0.25) is 9.59 Å². The van der Waals surface area contributed by atoms with Crippen molar-refractivity contribution in [2.45, 2.75) is 45.6 Å². The predicted molar refractivity (Wildman–Crippen MR) is 109 cm³/mol. The minimum absolute atomic E-state index is 0.0183. The fraction of sp³-hybridized carbons (Fsp3) is 0.391. The van der Waals surface area contributed by atoms with E-state index in [9.17, 15) is 9.59 Å². The first kappa shape index (κ1) is 20.7. The molecule has 0 fully saturated rings. The highest BCUT2D eigenvalue weighted by Crippen LogP contribution is 2.10. The maximum absolute atomic E-state index is 13.0. The van der Waals surface area contributed by atoms with Gasteiger partial charge in [0.15, 0.2) is 0 Å². The third-order valence-corrected chi connectivity index (χ3v) is 4.68. The molecule has 0 saturated heterocycles. The molecule has 0 radical (unpaired) electrons. The zero-order chi connectivity index (χ0) is 19.5. The van der Waals surface area contributed by atoms with Crippen LogP contribution in [0, 0.1) is 0 Å². The Bertz CT molecular complexity index is 701. The zero-order valence-corrected chi connectivity index (χ0v) is 16.4. The average molecular weight is 367 g/mol. The van der Waals surface area contributed by atoms with E-state index in [4.69, 9.17) is 0 Å². The van der Waals surface area contributed by atoms with Crippen LogP contribution in [0.1, 0.15) is 37.8 Å². The Balaban J connectivity index is 2.06. The number of amides is 2. The van der Waals surface area contributed by atoms with Crippen LogP contribution in [0.3, 0.4) is 0 Å². The van der Waals surface area contributed by atoms with Crippen molar-refractivity contribution in [1.29, 1.82) is 0 Å².